The molecule has 34 heavy (non-hydrogen) atoms. The highest BCUT2D eigenvalue weighted by molar-refractivity contribution is 8.16. The zero-order valence-electron chi connectivity index (χ0n) is 18.1. The molecule has 0 aliphatic carbocycles. The highest BCUT2D eigenvalue weighted by Crippen LogP contribution is 2.41. The number of amides is 1. The summed E-state index contributed by atoms with van der Waals surface area (Å²) in [5.41, 5.74) is 0.757. The van der Waals surface area contributed by atoms with Crippen molar-refractivity contribution in [3.8, 4) is 17.2 Å². The Bertz CT molecular complexity index is 1300. The second-order valence-corrected chi connectivity index (χ2v) is 11.3. The predicted octanol–water partition coefficient (Wildman–Crippen LogP) is 4.16. The number of para-hydroxylation sites is 2. The van der Waals surface area contributed by atoms with Crippen LogP contribution in [-0.2, 0) is 14.6 Å². The van der Waals surface area contributed by atoms with E-state index in [0.717, 1.165) is 11.4 Å². The average Bonchev–Trinajstić information content (AvgIpc) is 3.30. The van der Waals surface area contributed by atoms with Crippen molar-refractivity contribution < 1.29 is 22.7 Å². The van der Waals surface area contributed by atoms with Gasteiger partial charge in [-0.1, -0.05) is 48.2 Å². The van der Waals surface area contributed by atoms with E-state index in [1.54, 1.807) is 12.1 Å². The average molecular weight is 495 g/mol. The van der Waals surface area contributed by atoms with Gasteiger partial charge >= 0.3 is 0 Å². The number of fused-ring (bicyclic) bond motifs is 1. The van der Waals surface area contributed by atoms with Crippen LogP contribution in [0.3, 0.4) is 0 Å². The van der Waals surface area contributed by atoms with E-state index in [1.807, 2.05) is 77.7 Å². The monoisotopic (exact) mass is 494 g/mol. The number of rotatable bonds is 6. The lowest BCUT2D eigenvalue weighted by Gasteiger charge is -2.24. The highest BCUT2D eigenvalue weighted by atomic mass is 32.2. The van der Waals surface area contributed by atoms with E-state index >= 15 is 0 Å². The van der Waals surface area contributed by atoms with E-state index in [1.165, 1.54) is 11.8 Å². The Balaban J connectivity index is 1.36. The number of carbonyl (C=O) groups is 1. The van der Waals surface area contributed by atoms with Crippen LogP contribution >= 0.6 is 11.8 Å². The zero-order chi connectivity index (χ0) is 23.5. The van der Waals surface area contributed by atoms with Gasteiger partial charge in [0.15, 0.2) is 21.6 Å². The van der Waals surface area contributed by atoms with Crippen LogP contribution in [0.25, 0.3) is 0 Å². The summed E-state index contributed by atoms with van der Waals surface area (Å²) >= 11 is 1.33. The van der Waals surface area contributed by atoms with Gasteiger partial charge in [0.05, 0.1) is 17.5 Å². The second-order valence-electron chi connectivity index (χ2n) is 7.97. The van der Waals surface area contributed by atoms with E-state index in [0.29, 0.717) is 16.7 Å². The molecule has 5 rings (SSSR count). The van der Waals surface area contributed by atoms with Crippen LogP contribution in [0.1, 0.15) is 0 Å². The third-order valence-electron chi connectivity index (χ3n) is 5.49. The fourth-order valence-electron chi connectivity index (χ4n) is 3.97. The Labute approximate surface area is 202 Å². The number of anilines is 1. The summed E-state index contributed by atoms with van der Waals surface area (Å²) in [4.78, 5) is 18.7. The summed E-state index contributed by atoms with van der Waals surface area (Å²) in [6.07, 6.45) is 0. The van der Waals surface area contributed by atoms with Gasteiger partial charge in [-0.15, -0.1) is 0 Å². The summed E-state index contributed by atoms with van der Waals surface area (Å²) in [5.74, 6) is 1.64. The molecule has 3 aromatic rings. The number of hydrogen-bond acceptors (Lipinski definition) is 6. The predicted molar refractivity (Wildman–Crippen MR) is 134 cm³/mol. The lowest BCUT2D eigenvalue weighted by molar-refractivity contribution is -0.119. The topological polar surface area (TPSA) is 85.3 Å². The number of hydrogen-bond donors (Lipinski definition) is 0. The zero-order valence-corrected chi connectivity index (χ0v) is 19.7. The molecule has 2 fully saturated rings. The van der Waals surface area contributed by atoms with Gasteiger partial charge in [-0.2, -0.15) is 4.99 Å². The standard InChI is InChI=1S/C25H22N2O5S2/c28-24(15-31-19-7-3-1-4-8-19)26-25-27(22-16-34(29,30)17-23(22)33-25)18-11-13-21(14-12-18)32-20-9-5-2-6-10-20/h1-14,22-23H,15-17H2/t22-,23-/m0/s1. The number of aliphatic imine (C=N–C) groups is 1. The maximum atomic E-state index is 12.6. The van der Waals surface area contributed by atoms with Crippen LogP contribution < -0.4 is 14.4 Å². The van der Waals surface area contributed by atoms with Crippen molar-refractivity contribution in [2.75, 3.05) is 23.0 Å². The van der Waals surface area contributed by atoms with Crippen molar-refractivity contribution in [1.29, 1.82) is 0 Å². The highest BCUT2D eigenvalue weighted by Gasteiger charge is 2.49. The molecule has 0 unspecified atom stereocenters. The molecule has 2 atom stereocenters. The number of benzene rings is 3. The van der Waals surface area contributed by atoms with Gasteiger partial charge in [-0.3, -0.25) is 4.79 Å². The number of thioether (sulfide) groups is 1. The van der Waals surface area contributed by atoms with E-state index < -0.39 is 15.7 Å². The molecule has 2 saturated heterocycles. The summed E-state index contributed by atoms with van der Waals surface area (Å²) in [6, 6.07) is 25.6. The van der Waals surface area contributed by atoms with E-state index in [9.17, 15) is 13.2 Å². The molecular formula is C25H22N2O5S2. The van der Waals surface area contributed by atoms with Gasteiger partial charge in [-0.05, 0) is 48.5 Å². The fraction of sp³-hybridized carbons (Fsp3) is 0.200. The molecule has 174 valence electrons. The van der Waals surface area contributed by atoms with Crippen molar-refractivity contribution in [1.82, 2.24) is 0 Å². The molecule has 0 bridgehead atoms. The van der Waals surface area contributed by atoms with E-state index in [-0.39, 0.29) is 29.4 Å². The van der Waals surface area contributed by atoms with Crippen molar-refractivity contribution >= 4 is 38.4 Å². The fourth-order valence-corrected chi connectivity index (χ4v) is 7.90. The van der Waals surface area contributed by atoms with Gasteiger partial charge in [0.2, 0.25) is 0 Å². The van der Waals surface area contributed by atoms with Gasteiger partial charge in [0.25, 0.3) is 5.91 Å². The van der Waals surface area contributed by atoms with Crippen LogP contribution in [0.4, 0.5) is 5.69 Å². The third kappa shape index (κ3) is 5.10. The molecule has 0 saturated carbocycles. The van der Waals surface area contributed by atoms with Crippen molar-refractivity contribution in [3.63, 3.8) is 0 Å². The molecule has 0 radical (unpaired) electrons. The molecule has 0 spiro atoms. The molecule has 2 aliphatic rings. The molecular weight excluding hydrogens is 472 g/mol. The largest absolute Gasteiger partial charge is 0.484 e. The Morgan fingerprint density at radius 3 is 2.18 bits per heavy atom. The smallest absolute Gasteiger partial charge is 0.285 e. The minimum Gasteiger partial charge on any atom is -0.484 e. The first-order valence-corrected chi connectivity index (χ1v) is 13.5. The first-order valence-electron chi connectivity index (χ1n) is 10.8. The Hall–Kier alpha value is -3.30. The van der Waals surface area contributed by atoms with Crippen LogP contribution in [0.2, 0.25) is 0 Å². The van der Waals surface area contributed by atoms with Crippen molar-refractivity contribution in [3.05, 3.63) is 84.9 Å². The third-order valence-corrected chi connectivity index (χ3v) is 8.70. The lowest BCUT2D eigenvalue weighted by atomic mass is 10.2. The summed E-state index contributed by atoms with van der Waals surface area (Å²) in [5, 5.41) is 0.315. The van der Waals surface area contributed by atoms with Crippen LogP contribution in [-0.4, -0.2) is 48.9 Å². The molecule has 2 heterocycles. The normalized spacial score (nSPS) is 21.9. The van der Waals surface area contributed by atoms with Crippen LogP contribution in [0, 0.1) is 0 Å². The number of carbonyl (C=O) groups excluding carboxylic acids is 1. The Morgan fingerprint density at radius 2 is 1.50 bits per heavy atom. The van der Waals surface area contributed by atoms with Gasteiger partial charge in [0, 0.05) is 10.9 Å². The maximum Gasteiger partial charge on any atom is 0.285 e. The molecule has 3 aromatic carbocycles. The number of amidine groups is 1. The van der Waals surface area contributed by atoms with E-state index in [4.69, 9.17) is 9.47 Å². The summed E-state index contributed by atoms with van der Waals surface area (Å²) in [6.45, 7) is -0.195. The van der Waals surface area contributed by atoms with Crippen LogP contribution in [0.5, 0.6) is 17.2 Å². The quantitative estimate of drug-likeness (QED) is 0.509. The number of sulfone groups is 1. The lowest BCUT2D eigenvalue weighted by Crippen LogP contribution is -2.37. The second kappa shape index (κ2) is 9.52. The molecule has 0 aromatic heterocycles. The molecule has 1 amide bonds. The first-order chi connectivity index (χ1) is 16.5. The summed E-state index contributed by atoms with van der Waals surface area (Å²) < 4.78 is 35.9. The minimum absolute atomic E-state index is 0.0284. The molecule has 2 aliphatic heterocycles. The number of nitrogens with zero attached hydrogens (tertiary/aromatic N) is 2. The SMILES string of the molecule is O=C(COc1ccccc1)N=C1S[C@H]2CS(=O)(=O)C[C@@H]2N1c1ccc(Oc2ccccc2)cc1. The molecule has 9 heteroatoms. The van der Waals surface area contributed by atoms with E-state index in [2.05, 4.69) is 4.99 Å². The van der Waals surface area contributed by atoms with Gasteiger partial charge in [0.1, 0.15) is 17.2 Å². The van der Waals surface area contributed by atoms with Gasteiger partial charge < -0.3 is 14.4 Å². The number of ether oxygens (including phenoxy) is 2. The summed E-state index contributed by atoms with van der Waals surface area (Å²) in [7, 11) is -3.15. The van der Waals surface area contributed by atoms with Crippen molar-refractivity contribution in [2.45, 2.75) is 11.3 Å². The van der Waals surface area contributed by atoms with Crippen LogP contribution in [0.15, 0.2) is 89.9 Å². The molecule has 7 nitrogen and oxygen atoms in total. The Morgan fingerprint density at radius 1 is 0.882 bits per heavy atom. The first kappa shape index (κ1) is 22.5. The molecule has 0 N–H and O–H groups in total. The maximum absolute atomic E-state index is 12.6. The Kier molecular flexibility index (Phi) is 6.30. The van der Waals surface area contributed by atoms with Gasteiger partial charge in [-0.25, -0.2) is 8.42 Å². The minimum atomic E-state index is -3.15. The van der Waals surface area contributed by atoms with Crippen molar-refractivity contribution in [2.24, 2.45) is 4.99 Å².